The van der Waals surface area contributed by atoms with Crippen LogP contribution in [-0.2, 0) is 20.7 Å². The highest BCUT2D eigenvalue weighted by atomic mass is 16.5. The molecule has 0 aromatic heterocycles. The lowest BCUT2D eigenvalue weighted by atomic mass is 9.99. The van der Waals surface area contributed by atoms with Gasteiger partial charge in [-0.25, -0.2) is 0 Å². The van der Waals surface area contributed by atoms with Crippen molar-refractivity contribution in [3.05, 3.63) is 35.9 Å². The van der Waals surface area contributed by atoms with Crippen LogP contribution in [0, 0.1) is 0 Å². The standard InChI is InChI=1S/C18H25NO3/c1-2-21-13-15-8-9-16-17(22-15)10-11-19(16)18(20)12-14-6-4-3-5-7-14/h3-7,15-17H,2,8-13H2,1H3/t15-,16+,17+/m1/s1. The number of rotatable bonds is 5. The predicted molar refractivity (Wildman–Crippen MR) is 84.7 cm³/mol. The van der Waals surface area contributed by atoms with Gasteiger partial charge in [-0.15, -0.1) is 0 Å². The van der Waals surface area contributed by atoms with E-state index in [4.69, 9.17) is 9.47 Å². The van der Waals surface area contributed by atoms with Gasteiger partial charge in [-0.3, -0.25) is 4.79 Å². The summed E-state index contributed by atoms with van der Waals surface area (Å²) >= 11 is 0. The van der Waals surface area contributed by atoms with Gasteiger partial charge in [0.25, 0.3) is 0 Å². The topological polar surface area (TPSA) is 38.8 Å². The fraction of sp³-hybridized carbons (Fsp3) is 0.611. The van der Waals surface area contributed by atoms with Gasteiger partial charge in [0.15, 0.2) is 0 Å². The molecular formula is C18H25NO3. The number of carbonyl (C=O) groups is 1. The van der Waals surface area contributed by atoms with Gasteiger partial charge in [-0.1, -0.05) is 30.3 Å². The van der Waals surface area contributed by atoms with Crippen molar-refractivity contribution in [2.45, 2.75) is 50.9 Å². The predicted octanol–water partition coefficient (Wildman–Crippen LogP) is 2.41. The van der Waals surface area contributed by atoms with Crippen LogP contribution < -0.4 is 0 Å². The van der Waals surface area contributed by atoms with Crippen molar-refractivity contribution >= 4 is 5.91 Å². The molecule has 2 aliphatic heterocycles. The molecule has 4 heteroatoms. The monoisotopic (exact) mass is 303 g/mol. The van der Waals surface area contributed by atoms with E-state index in [9.17, 15) is 4.79 Å². The minimum absolute atomic E-state index is 0.193. The lowest BCUT2D eigenvalue weighted by Gasteiger charge is -2.36. The van der Waals surface area contributed by atoms with Gasteiger partial charge in [0.2, 0.25) is 5.91 Å². The maximum atomic E-state index is 12.6. The zero-order valence-electron chi connectivity index (χ0n) is 13.2. The van der Waals surface area contributed by atoms with Crippen molar-refractivity contribution in [2.24, 2.45) is 0 Å². The van der Waals surface area contributed by atoms with Crippen LogP contribution in [0.15, 0.2) is 30.3 Å². The Hall–Kier alpha value is -1.39. The van der Waals surface area contributed by atoms with E-state index < -0.39 is 0 Å². The molecule has 0 aliphatic carbocycles. The molecule has 2 heterocycles. The molecule has 2 aliphatic rings. The number of carbonyl (C=O) groups excluding carboxylic acids is 1. The molecule has 3 rings (SSSR count). The third-order valence-corrected chi connectivity index (χ3v) is 4.66. The van der Waals surface area contributed by atoms with Crippen LogP contribution in [0.5, 0.6) is 0 Å². The number of ether oxygens (including phenoxy) is 2. The average Bonchev–Trinajstić information content (AvgIpc) is 2.97. The van der Waals surface area contributed by atoms with Crippen molar-refractivity contribution in [3.8, 4) is 0 Å². The number of likely N-dealkylation sites (tertiary alicyclic amines) is 1. The molecule has 1 amide bonds. The van der Waals surface area contributed by atoms with Crippen LogP contribution in [0.4, 0.5) is 0 Å². The zero-order valence-corrected chi connectivity index (χ0v) is 13.2. The van der Waals surface area contributed by atoms with Crippen molar-refractivity contribution in [2.75, 3.05) is 19.8 Å². The molecule has 3 atom stereocenters. The molecule has 120 valence electrons. The summed E-state index contributed by atoms with van der Waals surface area (Å²) in [5.41, 5.74) is 1.09. The van der Waals surface area contributed by atoms with Crippen LogP contribution in [-0.4, -0.2) is 48.8 Å². The maximum Gasteiger partial charge on any atom is 0.227 e. The fourth-order valence-corrected chi connectivity index (χ4v) is 3.55. The number of fused-ring (bicyclic) bond motifs is 1. The Labute approximate surface area is 132 Å². The zero-order chi connectivity index (χ0) is 15.4. The molecule has 0 bridgehead atoms. The summed E-state index contributed by atoms with van der Waals surface area (Å²) in [5, 5.41) is 0. The maximum absolute atomic E-state index is 12.6. The van der Waals surface area contributed by atoms with E-state index in [0.717, 1.165) is 38.0 Å². The van der Waals surface area contributed by atoms with E-state index in [1.54, 1.807) is 0 Å². The second-order valence-electron chi connectivity index (χ2n) is 6.14. The first-order valence-corrected chi connectivity index (χ1v) is 8.34. The molecule has 2 saturated heterocycles. The van der Waals surface area contributed by atoms with Crippen molar-refractivity contribution < 1.29 is 14.3 Å². The van der Waals surface area contributed by atoms with Gasteiger partial charge in [-0.2, -0.15) is 0 Å². The van der Waals surface area contributed by atoms with Crippen LogP contribution in [0.25, 0.3) is 0 Å². The lowest BCUT2D eigenvalue weighted by molar-refractivity contribution is -0.138. The Morgan fingerprint density at radius 3 is 2.86 bits per heavy atom. The van der Waals surface area contributed by atoms with Gasteiger partial charge in [0, 0.05) is 13.2 Å². The first-order chi connectivity index (χ1) is 10.8. The molecule has 1 aromatic rings. The van der Waals surface area contributed by atoms with E-state index >= 15 is 0 Å². The molecule has 4 nitrogen and oxygen atoms in total. The average molecular weight is 303 g/mol. The molecule has 0 N–H and O–H groups in total. The second kappa shape index (κ2) is 7.25. The largest absolute Gasteiger partial charge is 0.379 e. The number of hydrogen-bond donors (Lipinski definition) is 0. The van der Waals surface area contributed by atoms with E-state index in [0.29, 0.717) is 13.0 Å². The van der Waals surface area contributed by atoms with Gasteiger partial charge in [-0.05, 0) is 31.7 Å². The van der Waals surface area contributed by atoms with Crippen LogP contribution >= 0.6 is 0 Å². The normalized spacial score (nSPS) is 27.7. The summed E-state index contributed by atoms with van der Waals surface area (Å²) in [6, 6.07) is 10.2. The Morgan fingerprint density at radius 1 is 1.27 bits per heavy atom. The minimum atomic E-state index is 0.193. The first-order valence-electron chi connectivity index (χ1n) is 8.34. The lowest BCUT2D eigenvalue weighted by Crippen LogP contribution is -2.46. The molecular weight excluding hydrogens is 278 g/mol. The summed E-state index contributed by atoms with van der Waals surface area (Å²) in [5.74, 6) is 0.227. The van der Waals surface area contributed by atoms with Gasteiger partial charge >= 0.3 is 0 Å². The fourth-order valence-electron chi connectivity index (χ4n) is 3.55. The van der Waals surface area contributed by atoms with Crippen molar-refractivity contribution in [3.63, 3.8) is 0 Å². The Morgan fingerprint density at radius 2 is 2.09 bits per heavy atom. The Bertz CT molecular complexity index is 490. The SMILES string of the molecule is CCOC[C@H]1CC[C@H]2[C@H](CCN2C(=O)Cc2ccccc2)O1. The molecule has 1 aromatic carbocycles. The number of benzene rings is 1. The van der Waals surface area contributed by atoms with Gasteiger partial charge < -0.3 is 14.4 Å². The number of amides is 1. The highest BCUT2D eigenvalue weighted by Gasteiger charge is 2.41. The quantitative estimate of drug-likeness (QED) is 0.838. The summed E-state index contributed by atoms with van der Waals surface area (Å²) < 4.78 is 11.6. The number of nitrogens with zero attached hydrogens (tertiary/aromatic N) is 1. The van der Waals surface area contributed by atoms with Crippen molar-refractivity contribution in [1.29, 1.82) is 0 Å². The second-order valence-corrected chi connectivity index (χ2v) is 6.14. The van der Waals surface area contributed by atoms with E-state index in [1.807, 2.05) is 42.2 Å². The Balaban J connectivity index is 1.55. The van der Waals surface area contributed by atoms with Crippen molar-refractivity contribution in [1.82, 2.24) is 4.90 Å². The van der Waals surface area contributed by atoms with E-state index in [-0.39, 0.29) is 24.2 Å². The molecule has 0 spiro atoms. The smallest absolute Gasteiger partial charge is 0.227 e. The van der Waals surface area contributed by atoms with Gasteiger partial charge in [0.05, 0.1) is 31.3 Å². The third kappa shape index (κ3) is 3.50. The van der Waals surface area contributed by atoms with E-state index in [2.05, 4.69) is 0 Å². The molecule has 0 unspecified atom stereocenters. The summed E-state index contributed by atoms with van der Waals surface area (Å²) in [6.07, 6.45) is 3.85. The highest BCUT2D eigenvalue weighted by Crippen LogP contribution is 2.32. The Kier molecular flexibility index (Phi) is 5.11. The molecule has 0 radical (unpaired) electrons. The molecule has 0 saturated carbocycles. The van der Waals surface area contributed by atoms with Gasteiger partial charge in [0.1, 0.15) is 0 Å². The summed E-state index contributed by atoms with van der Waals surface area (Å²) in [6.45, 7) is 4.24. The minimum Gasteiger partial charge on any atom is -0.379 e. The van der Waals surface area contributed by atoms with Crippen LogP contribution in [0.2, 0.25) is 0 Å². The number of hydrogen-bond acceptors (Lipinski definition) is 3. The third-order valence-electron chi connectivity index (χ3n) is 4.66. The van der Waals surface area contributed by atoms with Crippen LogP contribution in [0.1, 0.15) is 31.7 Å². The van der Waals surface area contributed by atoms with E-state index in [1.165, 1.54) is 0 Å². The highest BCUT2D eigenvalue weighted by molar-refractivity contribution is 5.79. The first kappa shape index (κ1) is 15.5. The molecule has 22 heavy (non-hydrogen) atoms. The summed E-state index contributed by atoms with van der Waals surface area (Å²) in [4.78, 5) is 14.6. The summed E-state index contributed by atoms with van der Waals surface area (Å²) in [7, 11) is 0. The van der Waals surface area contributed by atoms with Crippen LogP contribution in [0.3, 0.4) is 0 Å². The molecule has 2 fully saturated rings.